The molecule has 2 aromatic carbocycles. The van der Waals surface area contributed by atoms with Crippen molar-refractivity contribution in [3.8, 4) is 5.75 Å². The van der Waals surface area contributed by atoms with Gasteiger partial charge >= 0.3 is 10.1 Å². The van der Waals surface area contributed by atoms with Crippen LogP contribution in [0.2, 0.25) is 0 Å². The quantitative estimate of drug-likeness (QED) is 0.720. The van der Waals surface area contributed by atoms with Gasteiger partial charge in [-0.3, -0.25) is 0 Å². The molecule has 3 rings (SSSR count). The number of rotatable bonds is 5. The Kier molecular flexibility index (Phi) is 5.39. The van der Waals surface area contributed by atoms with Crippen LogP contribution in [0.25, 0.3) is 0 Å². The summed E-state index contributed by atoms with van der Waals surface area (Å²) in [5, 5.41) is -0.348. The van der Waals surface area contributed by atoms with Crippen LogP contribution in [-0.2, 0) is 20.0 Å². The fourth-order valence-electron chi connectivity index (χ4n) is 3.13. The Morgan fingerprint density at radius 2 is 1.31 bits per heavy atom. The Hall–Kier alpha value is -1.86. The minimum Gasteiger partial charge on any atom is -0.379 e. The Morgan fingerprint density at radius 1 is 0.769 bits per heavy atom. The van der Waals surface area contributed by atoms with Crippen molar-refractivity contribution in [1.82, 2.24) is 0 Å². The predicted molar refractivity (Wildman–Crippen MR) is 99.5 cm³/mol. The first-order valence-electron chi connectivity index (χ1n) is 8.64. The summed E-state index contributed by atoms with van der Waals surface area (Å²) in [5.74, 6) is 0.0909. The van der Waals surface area contributed by atoms with Gasteiger partial charge in [0.1, 0.15) is 10.6 Å². The minimum absolute atomic E-state index is 0.0574. The van der Waals surface area contributed by atoms with Crippen LogP contribution >= 0.6 is 0 Å². The minimum atomic E-state index is -3.95. The molecule has 0 spiro atoms. The SMILES string of the molecule is Cc1ccc(S(=O)(=O)Oc2ccc(S(=O)(=O)C3CCCCC3)cc2)cc1. The second-order valence-corrected chi connectivity index (χ2v) is 10.4. The molecule has 1 aliphatic rings. The molecule has 26 heavy (non-hydrogen) atoms. The molecule has 0 unspecified atom stereocenters. The average Bonchev–Trinajstić information content (AvgIpc) is 2.63. The summed E-state index contributed by atoms with van der Waals surface area (Å²) in [6.45, 7) is 1.86. The van der Waals surface area contributed by atoms with Crippen LogP contribution < -0.4 is 4.18 Å². The maximum absolute atomic E-state index is 12.7. The first kappa shape index (κ1) is 18.9. The monoisotopic (exact) mass is 394 g/mol. The van der Waals surface area contributed by atoms with Crippen molar-refractivity contribution in [3.63, 3.8) is 0 Å². The number of sulfone groups is 1. The van der Waals surface area contributed by atoms with Crippen LogP contribution in [0.15, 0.2) is 58.3 Å². The Bertz CT molecular complexity index is 954. The van der Waals surface area contributed by atoms with Crippen LogP contribution in [0.5, 0.6) is 5.75 Å². The van der Waals surface area contributed by atoms with Gasteiger partial charge in [-0.05, 0) is 56.2 Å². The second kappa shape index (κ2) is 7.40. The molecule has 2 aromatic rings. The van der Waals surface area contributed by atoms with Crippen molar-refractivity contribution in [2.75, 3.05) is 0 Å². The molecule has 5 nitrogen and oxygen atoms in total. The van der Waals surface area contributed by atoms with Gasteiger partial charge in [0.25, 0.3) is 0 Å². The topological polar surface area (TPSA) is 77.5 Å². The molecule has 0 aliphatic heterocycles. The summed E-state index contributed by atoms with van der Waals surface area (Å²) < 4.78 is 55.1. The van der Waals surface area contributed by atoms with Crippen molar-refractivity contribution >= 4 is 20.0 Å². The molecule has 0 N–H and O–H groups in total. The van der Waals surface area contributed by atoms with Gasteiger partial charge in [0, 0.05) is 0 Å². The summed E-state index contributed by atoms with van der Waals surface area (Å²) in [6, 6.07) is 12.0. The fraction of sp³-hybridized carbons (Fsp3) is 0.368. The molecule has 1 saturated carbocycles. The summed E-state index contributed by atoms with van der Waals surface area (Å²) in [4.78, 5) is 0.270. The van der Waals surface area contributed by atoms with E-state index in [0.717, 1.165) is 24.8 Å². The third-order valence-corrected chi connectivity index (χ3v) is 8.20. The van der Waals surface area contributed by atoms with Crippen molar-refractivity contribution in [1.29, 1.82) is 0 Å². The first-order chi connectivity index (χ1) is 12.3. The van der Waals surface area contributed by atoms with E-state index in [-0.39, 0.29) is 20.8 Å². The second-order valence-electron chi connectivity index (χ2n) is 6.63. The molecule has 0 bridgehead atoms. The van der Waals surface area contributed by atoms with Gasteiger partial charge in [-0.25, -0.2) is 8.42 Å². The maximum atomic E-state index is 12.7. The summed E-state index contributed by atoms with van der Waals surface area (Å²) in [7, 11) is -7.33. The largest absolute Gasteiger partial charge is 0.379 e. The molecule has 0 radical (unpaired) electrons. The van der Waals surface area contributed by atoms with E-state index in [2.05, 4.69) is 0 Å². The van der Waals surface area contributed by atoms with Crippen molar-refractivity contribution in [2.45, 2.75) is 54.1 Å². The highest BCUT2D eigenvalue weighted by Crippen LogP contribution is 2.29. The van der Waals surface area contributed by atoms with E-state index < -0.39 is 20.0 Å². The summed E-state index contributed by atoms with van der Waals surface area (Å²) >= 11 is 0. The molecule has 140 valence electrons. The number of hydrogen-bond acceptors (Lipinski definition) is 5. The van der Waals surface area contributed by atoms with E-state index in [1.807, 2.05) is 6.92 Å². The summed E-state index contributed by atoms with van der Waals surface area (Å²) in [6.07, 6.45) is 4.31. The molecular formula is C19H22O5S2. The zero-order chi connectivity index (χ0) is 18.8. The molecule has 0 atom stereocenters. The van der Waals surface area contributed by atoms with Crippen LogP contribution in [0.3, 0.4) is 0 Å². The van der Waals surface area contributed by atoms with Gasteiger partial charge in [-0.2, -0.15) is 8.42 Å². The van der Waals surface area contributed by atoms with Gasteiger partial charge in [0.15, 0.2) is 9.84 Å². The van der Waals surface area contributed by atoms with Crippen molar-refractivity contribution in [3.05, 3.63) is 54.1 Å². The predicted octanol–water partition coefficient (Wildman–Crippen LogP) is 3.87. The van der Waals surface area contributed by atoms with Crippen LogP contribution in [0.4, 0.5) is 0 Å². The molecular weight excluding hydrogens is 372 g/mol. The Labute approximate surface area is 155 Å². The third kappa shape index (κ3) is 4.10. The van der Waals surface area contributed by atoms with Crippen molar-refractivity contribution in [2.24, 2.45) is 0 Å². The molecule has 1 fully saturated rings. The standard InChI is InChI=1S/C19H22O5S2/c1-15-7-11-19(12-8-15)26(22,23)24-16-9-13-18(14-10-16)25(20,21)17-5-3-2-4-6-17/h7-14,17H,2-6H2,1H3. The average molecular weight is 395 g/mol. The molecule has 0 amide bonds. The highest BCUT2D eigenvalue weighted by Gasteiger charge is 2.29. The maximum Gasteiger partial charge on any atom is 0.339 e. The van der Waals surface area contributed by atoms with E-state index in [1.54, 1.807) is 12.1 Å². The number of benzene rings is 2. The van der Waals surface area contributed by atoms with E-state index in [1.165, 1.54) is 36.4 Å². The lowest BCUT2D eigenvalue weighted by atomic mass is 10.0. The number of hydrogen-bond donors (Lipinski definition) is 0. The van der Waals surface area contributed by atoms with E-state index in [9.17, 15) is 16.8 Å². The van der Waals surface area contributed by atoms with E-state index in [0.29, 0.717) is 12.8 Å². The van der Waals surface area contributed by atoms with Gasteiger partial charge in [-0.15, -0.1) is 0 Å². The van der Waals surface area contributed by atoms with Crippen LogP contribution in [-0.4, -0.2) is 22.1 Å². The zero-order valence-electron chi connectivity index (χ0n) is 14.6. The van der Waals surface area contributed by atoms with Gasteiger partial charge in [0.2, 0.25) is 0 Å². The Balaban J connectivity index is 1.78. The first-order valence-corrected chi connectivity index (χ1v) is 11.6. The zero-order valence-corrected chi connectivity index (χ0v) is 16.2. The smallest absolute Gasteiger partial charge is 0.339 e. The van der Waals surface area contributed by atoms with Crippen molar-refractivity contribution < 1.29 is 21.0 Å². The lowest BCUT2D eigenvalue weighted by molar-refractivity contribution is 0.483. The van der Waals surface area contributed by atoms with Crippen LogP contribution in [0, 0.1) is 6.92 Å². The molecule has 7 heteroatoms. The third-order valence-electron chi connectivity index (χ3n) is 4.66. The highest BCUT2D eigenvalue weighted by molar-refractivity contribution is 7.92. The lowest BCUT2D eigenvalue weighted by Crippen LogP contribution is -2.24. The van der Waals surface area contributed by atoms with Gasteiger partial charge in [-0.1, -0.05) is 37.0 Å². The lowest BCUT2D eigenvalue weighted by Gasteiger charge is -2.21. The highest BCUT2D eigenvalue weighted by atomic mass is 32.2. The molecule has 0 heterocycles. The molecule has 0 aromatic heterocycles. The van der Waals surface area contributed by atoms with Gasteiger partial charge in [0.05, 0.1) is 10.1 Å². The molecule has 1 aliphatic carbocycles. The molecule has 0 saturated heterocycles. The van der Waals surface area contributed by atoms with Gasteiger partial charge < -0.3 is 4.18 Å². The normalized spacial score (nSPS) is 16.3. The van der Waals surface area contributed by atoms with E-state index in [4.69, 9.17) is 4.18 Å². The number of aryl methyl sites for hydroxylation is 1. The summed E-state index contributed by atoms with van der Waals surface area (Å²) in [5.41, 5.74) is 0.946. The van der Waals surface area contributed by atoms with Crippen LogP contribution in [0.1, 0.15) is 37.7 Å². The Morgan fingerprint density at radius 3 is 1.88 bits per heavy atom. The van der Waals surface area contributed by atoms with E-state index >= 15 is 0 Å². The fourth-order valence-corrected chi connectivity index (χ4v) is 5.92.